The van der Waals surface area contributed by atoms with Crippen LogP contribution in [0.3, 0.4) is 0 Å². The van der Waals surface area contributed by atoms with E-state index in [0.29, 0.717) is 5.92 Å². The Bertz CT molecular complexity index is 329. The van der Waals surface area contributed by atoms with E-state index in [-0.39, 0.29) is 0 Å². The second-order valence-corrected chi connectivity index (χ2v) is 5.06. The summed E-state index contributed by atoms with van der Waals surface area (Å²) in [5, 5.41) is 2.23. The lowest BCUT2D eigenvalue weighted by Crippen LogP contribution is -1.95. The molecule has 0 spiro atoms. The molecule has 0 saturated carbocycles. The van der Waals surface area contributed by atoms with Gasteiger partial charge in [0.1, 0.15) is 0 Å². The lowest BCUT2D eigenvalue weighted by molar-refractivity contribution is 0.734. The van der Waals surface area contributed by atoms with Crippen molar-refractivity contribution in [3.8, 4) is 0 Å². The number of allylic oxidation sites excluding steroid dienone is 2. The van der Waals surface area contributed by atoms with Crippen molar-refractivity contribution >= 4 is 16.9 Å². The van der Waals surface area contributed by atoms with E-state index < -0.39 is 0 Å². The van der Waals surface area contributed by atoms with E-state index in [2.05, 4.69) is 46.1 Å². The van der Waals surface area contributed by atoms with Crippen molar-refractivity contribution in [3.63, 3.8) is 0 Å². The molecule has 1 aromatic heterocycles. The van der Waals surface area contributed by atoms with Gasteiger partial charge in [-0.05, 0) is 48.8 Å². The van der Waals surface area contributed by atoms with E-state index in [1.54, 1.807) is 5.57 Å². The fourth-order valence-electron chi connectivity index (χ4n) is 1.89. The number of thiophene rings is 1. The molecule has 0 atom stereocenters. The zero-order valence-corrected chi connectivity index (χ0v) is 10.7. The third kappa shape index (κ3) is 2.48. The number of rotatable bonds is 3. The average molecular weight is 208 g/mol. The maximum Gasteiger partial charge on any atom is 0.0301 e. The third-order valence-electron chi connectivity index (χ3n) is 2.66. The van der Waals surface area contributed by atoms with Crippen LogP contribution >= 0.6 is 11.3 Å². The number of aryl methyl sites for hydroxylation is 1. The van der Waals surface area contributed by atoms with Crippen LogP contribution in [0.4, 0.5) is 0 Å². The molecule has 1 rings (SSSR count). The van der Waals surface area contributed by atoms with Gasteiger partial charge in [0.2, 0.25) is 0 Å². The fourth-order valence-corrected chi connectivity index (χ4v) is 2.84. The molecular weight excluding hydrogens is 188 g/mol. The van der Waals surface area contributed by atoms with Crippen LogP contribution < -0.4 is 0 Å². The maximum absolute atomic E-state index is 2.29. The second kappa shape index (κ2) is 4.79. The Labute approximate surface area is 91.7 Å². The average Bonchev–Trinajstić information content (AvgIpc) is 2.52. The normalized spacial score (nSPS) is 13.3. The van der Waals surface area contributed by atoms with Crippen LogP contribution in [0.5, 0.6) is 0 Å². The Morgan fingerprint density at radius 1 is 1.43 bits per heavy atom. The van der Waals surface area contributed by atoms with Crippen molar-refractivity contribution in [3.05, 3.63) is 27.5 Å². The molecule has 0 saturated heterocycles. The van der Waals surface area contributed by atoms with Crippen LogP contribution in [0.25, 0.3) is 5.57 Å². The van der Waals surface area contributed by atoms with Gasteiger partial charge in [0, 0.05) is 4.88 Å². The fraction of sp³-hybridized carbons (Fsp3) is 0.538. The van der Waals surface area contributed by atoms with Gasteiger partial charge in [0.25, 0.3) is 0 Å². The van der Waals surface area contributed by atoms with Crippen LogP contribution in [-0.4, -0.2) is 0 Å². The molecule has 0 unspecified atom stereocenters. The first-order valence-electron chi connectivity index (χ1n) is 5.31. The molecule has 0 aliphatic heterocycles. The first kappa shape index (κ1) is 11.5. The molecule has 14 heavy (non-hydrogen) atoms. The van der Waals surface area contributed by atoms with E-state index in [1.807, 2.05) is 11.3 Å². The molecule has 1 aromatic rings. The molecule has 0 bridgehead atoms. The van der Waals surface area contributed by atoms with Crippen molar-refractivity contribution in [2.75, 3.05) is 0 Å². The summed E-state index contributed by atoms with van der Waals surface area (Å²) in [5.74, 6) is 0.669. The Morgan fingerprint density at radius 2 is 2.07 bits per heavy atom. The summed E-state index contributed by atoms with van der Waals surface area (Å²) in [7, 11) is 0. The van der Waals surface area contributed by atoms with Gasteiger partial charge in [-0.25, -0.2) is 0 Å². The van der Waals surface area contributed by atoms with Gasteiger partial charge in [-0.15, -0.1) is 11.3 Å². The van der Waals surface area contributed by atoms with E-state index in [9.17, 15) is 0 Å². The molecule has 1 heteroatoms. The van der Waals surface area contributed by atoms with E-state index in [0.717, 1.165) is 0 Å². The van der Waals surface area contributed by atoms with Crippen molar-refractivity contribution < 1.29 is 0 Å². The van der Waals surface area contributed by atoms with Gasteiger partial charge < -0.3 is 0 Å². The highest BCUT2D eigenvalue weighted by atomic mass is 32.1. The van der Waals surface area contributed by atoms with Gasteiger partial charge in [-0.1, -0.05) is 26.3 Å². The van der Waals surface area contributed by atoms with Gasteiger partial charge in [0.15, 0.2) is 0 Å². The highest BCUT2D eigenvalue weighted by Crippen LogP contribution is 2.29. The topological polar surface area (TPSA) is 0 Å². The summed E-state index contributed by atoms with van der Waals surface area (Å²) >= 11 is 1.86. The van der Waals surface area contributed by atoms with Gasteiger partial charge in [0.05, 0.1) is 0 Å². The Kier molecular flexibility index (Phi) is 3.94. The first-order valence-corrected chi connectivity index (χ1v) is 6.19. The smallest absolute Gasteiger partial charge is 0.0301 e. The summed E-state index contributed by atoms with van der Waals surface area (Å²) in [4.78, 5) is 1.44. The van der Waals surface area contributed by atoms with Gasteiger partial charge in [-0.2, -0.15) is 0 Å². The summed E-state index contributed by atoms with van der Waals surface area (Å²) in [6.45, 7) is 11.2. The van der Waals surface area contributed by atoms with E-state index in [4.69, 9.17) is 0 Å². The Balaban J connectivity index is 3.07. The van der Waals surface area contributed by atoms with Crippen LogP contribution in [0.15, 0.2) is 17.0 Å². The highest BCUT2D eigenvalue weighted by Gasteiger charge is 2.08. The summed E-state index contributed by atoms with van der Waals surface area (Å²) < 4.78 is 0. The predicted octanol–water partition coefficient (Wildman–Crippen LogP) is 4.90. The minimum atomic E-state index is 0.669. The zero-order chi connectivity index (χ0) is 10.7. The minimum Gasteiger partial charge on any atom is -0.144 e. The molecular formula is C13H20S. The zero-order valence-electron chi connectivity index (χ0n) is 9.85. The quantitative estimate of drug-likeness (QED) is 0.663. The lowest BCUT2D eigenvalue weighted by Gasteiger charge is -2.12. The van der Waals surface area contributed by atoms with Crippen molar-refractivity contribution in [1.29, 1.82) is 0 Å². The molecule has 0 nitrogen and oxygen atoms in total. The molecule has 78 valence electrons. The first-order chi connectivity index (χ1) is 6.56. The maximum atomic E-state index is 2.29. The molecule has 0 N–H and O–H groups in total. The van der Waals surface area contributed by atoms with Crippen molar-refractivity contribution in [1.82, 2.24) is 0 Å². The summed E-state index contributed by atoms with van der Waals surface area (Å²) in [6, 6.07) is 2.29. The van der Waals surface area contributed by atoms with Crippen molar-refractivity contribution in [2.24, 2.45) is 5.92 Å². The van der Waals surface area contributed by atoms with Crippen LogP contribution in [0.1, 0.15) is 44.6 Å². The summed E-state index contributed by atoms with van der Waals surface area (Å²) in [5.41, 5.74) is 4.45. The summed E-state index contributed by atoms with van der Waals surface area (Å²) in [6.07, 6.45) is 1.17. The SMILES string of the molecule is CC/C(=C(\C)c1cc(C)cs1)C(C)C. The van der Waals surface area contributed by atoms with E-state index >= 15 is 0 Å². The molecule has 0 radical (unpaired) electrons. The van der Waals surface area contributed by atoms with Crippen molar-refractivity contribution in [2.45, 2.75) is 41.0 Å². The number of hydrogen-bond acceptors (Lipinski definition) is 1. The Hall–Kier alpha value is -0.560. The minimum absolute atomic E-state index is 0.669. The molecule has 0 fully saturated rings. The third-order valence-corrected chi connectivity index (χ3v) is 3.83. The van der Waals surface area contributed by atoms with E-state index in [1.165, 1.54) is 22.4 Å². The Morgan fingerprint density at radius 3 is 2.43 bits per heavy atom. The molecule has 1 heterocycles. The molecule has 0 aliphatic carbocycles. The van der Waals surface area contributed by atoms with Gasteiger partial charge in [-0.3, -0.25) is 0 Å². The van der Waals surface area contributed by atoms with Crippen LogP contribution in [0, 0.1) is 12.8 Å². The largest absolute Gasteiger partial charge is 0.144 e. The standard InChI is InChI=1S/C13H20S/c1-6-12(9(2)3)11(5)13-7-10(4)8-14-13/h7-9H,6H2,1-5H3/b12-11-. The van der Waals surface area contributed by atoms with Gasteiger partial charge >= 0.3 is 0 Å². The molecule has 0 aliphatic rings. The van der Waals surface area contributed by atoms with Crippen LogP contribution in [-0.2, 0) is 0 Å². The lowest BCUT2D eigenvalue weighted by atomic mass is 9.95. The molecule has 0 aromatic carbocycles. The molecule has 0 amide bonds. The second-order valence-electron chi connectivity index (χ2n) is 4.15. The predicted molar refractivity (Wildman–Crippen MR) is 66.8 cm³/mol. The van der Waals surface area contributed by atoms with Crippen LogP contribution in [0.2, 0.25) is 0 Å². The monoisotopic (exact) mass is 208 g/mol. The number of hydrogen-bond donors (Lipinski definition) is 0. The highest BCUT2D eigenvalue weighted by molar-refractivity contribution is 7.11.